The molecule has 0 heterocycles. The summed E-state index contributed by atoms with van der Waals surface area (Å²) in [6, 6.07) is 9.74. The first-order chi connectivity index (χ1) is 8.22. The van der Waals surface area contributed by atoms with E-state index in [1.165, 1.54) is 7.11 Å². The van der Waals surface area contributed by atoms with Gasteiger partial charge in [-0.15, -0.1) is 0 Å². The Bertz CT molecular complexity index is 411. The summed E-state index contributed by atoms with van der Waals surface area (Å²) in [5, 5.41) is 0. The number of esters is 1. The molecule has 0 spiro atoms. The van der Waals surface area contributed by atoms with Crippen molar-refractivity contribution in [2.45, 2.75) is 25.2 Å². The van der Waals surface area contributed by atoms with Gasteiger partial charge in [-0.05, 0) is 12.0 Å². The van der Waals surface area contributed by atoms with Gasteiger partial charge in [0, 0.05) is 18.8 Å². The first-order valence-corrected chi connectivity index (χ1v) is 5.87. The third-order valence-electron chi connectivity index (χ3n) is 3.40. The Labute approximate surface area is 101 Å². The van der Waals surface area contributed by atoms with Gasteiger partial charge in [0.25, 0.3) is 0 Å². The molecule has 3 nitrogen and oxygen atoms in total. The molecule has 17 heavy (non-hydrogen) atoms. The average Bonchev–Trinajstić information content (AvgIpc) is 2.39. The molecule has 0 aromatic heterocycles. The number of ether oxygens (including phenoxy) is 1. The maximum Gasteiger partial charge on any atom is 0.309 e. The number of hydrogen-bond donors (Lipinski definition) is 0. The molecule has 0 radical (unpaired) electrons. The molecule has 0 unspecified atom stereocenters. The van der Waals surface area contributed by atoms with Crippen LogP contribution in [-0.2, 0) is 14.3 Å². The average molecular weight is 232 g/mol. The predicted molar refractivity (Wildman–Crippen MR) is 63.5 cm³/mol. The summed E-state index contributed by atoms with van der Waals surface area (Å²) in [4.78, 5) is 23.3. The zero-order chi connectivity index (χ0) is 12.3. The molecule has 1 aliphatic rings. The zero-order valence-corrected chi connectivity index (χ0v) is 9.89. The molecule has 1 fully saturated rings. The van der Waals surface area contributed by atoms with E-state index in [0.717, 1.165) is 5.56 Å². The van der Waals surface area contributed by atoms with Gasteiger partial charge in [0.15, 0.2) is 0 Å². The number of carbonyl (C=O) groups excluding carboxylic acids is 2. The lowest BCUT2D eigenvalue weighted by Gasteiger charge is -2.29. The Morgan fingerprint density at radius 2 is 2.00 bits per heavy atom. The summed E-state index contributed by atoms with van der Waals surface area (Å²) < 4.78 is 4.83. The highest BCUT2D eigenvalue weighted by Gasteiger charge is 2.35. The molecule has 0 bridgehead atoms. The third-order valence-corrected chi connectivity index (χ3v) is 3.40. The fourth-order valence-corrected chi connectivity index (χ4v) is 2.49. The Morgan fingerprint density at radius 1 is 1.29 bits per heavy atom. The quantitative estimate of drug-likeness (QED) is 0.735. The third kappa shape index (κ3) is 2.54. The lowest BCUT2D eigenvalue weighted by Crippen LogP contribution is -2.30. The van der Waals surface area contributed by atoms with Crippen LogP contribution in [0.4, 0.5) is 0 Å². The molecule has 0 saturated heterocycles. The topological polar surface area (TPSA) is 43.4 Å². The minimum absolute atomic E-state index is 0.0232. The fourth-order valence-electron chi connectivity index (χ4n) is 2.49. The van der Waals surface area contributed by atoms with E-state index in [4.69, 9.17) is 4.74 Å². The van der Waals surface area contributed by atoms with Crippen LogP contribution in [-0.4, -0.2) is 18.9 Å². The molecule has 1 aromatic carbocycles. The highest BCUT2D eigenvalue weighted by atomic mass is 16.5. The van der Waals surface area contributed by atoms with Crippen molar-refractivity contribution in [3.05, 3.63) is 35.9 Å². The second-order valence-electron chi connectivity index (χ2n) is 4.43. The van der Waals surface area contributed by atoms with Crippen LogP contribution >= 0.6 is 0 Å². The van der Waals surface area contributed by atoms with Gasteiger partial charge in [0.05, 0.1) is 13.0 Å². The molecule has 90 valence electrons. The zero-order valence-electron chi connectivity index (χ0n) is 9.89. The standard InChI is InChI=1S/C14H16O3/c1-17-14(16)12-8-7-11(15)9-13(12)10-5-3-2-4-6-10/h2-6,12-13H,7-9H2,1H3/t12-,13+/m1/s1. The van der Waals surface area contributed by atoms with E-state index in [-0.39, 0.29) is 23.6 Å². The van der Waals surface area contributed by atoms with Gasteiger partial charge in [-0.2, -0.15) is 0 Å². The second kappa shape index (κ2) is 5.13. The highest BCUT2D eigenvalue weighted by molar-refractivity contribution is 5.84. The molecule has 2 atom stereocenters. The molecule has 0 amide bonds. The lowest BCUT2D eigenvalue weighted by atomic mass is 9.75. The summed E-state index contributed by atoms with van der Waals surface area (Å²) in [5.74, 6) is -0.171. The second-order valence-corrected chi connectivity index (χ2v) is 4.43. The maximum absolute atomic E-state index is 11.7. The van der Waals surface area contributed by atoms with Crippen LogP contribution in [0.25, 0.3) is 0 Å². The predicted octanol–water partition coefficient (Wildman–Crippen LogP) is 2.31. The Balaban J connectivity index is 2.26. The summed E-state index contributed by atoms with van der Waals surface area (Å²) in [7, 11) is 1.40. The smallest absolute Gasteiger partial charge is 0.309 e. The van der Waals surface area contributed by atoms with Gasteiger partial charge in [-0.3, -0.25) is 9.59 Å². The van der Waals surface area contributed by atoms with Crippen molar-refractivity contribution in [1.29, 1.82) is 0 Å². The summed E-state index contributed by atoms with van der Waals surface area (Å²) in [6.07, 6.45) is 1.54. The van der Waals surface area contributed by atoms with E-state index in [1.807, 2.05) is 30.3 Å². The highest BCUT2D eigenvalue weighted by Crippen LogP contribution is 2.36. The first kappa shape index (κ1) is 11.8. The van der Waals surface area contributed by atoms with Crippen LogP contribution in [0.3, 0.4) is 0 Å². The molecule has 1 aromatic rings. The van der Waals surface area contributed by atoms with Crippen molar-refractivity contribution in [1.82, 2.24) is 0 Å². The van der Waals surface area contributed by atoms with E-state index in [1.54, 1.807) is 0 Å². The summed E-state index contributed by atoms with van der Waals surface area (Å²) in [5.41, 5.74) is 1.05. The van der Waals surface area contributed by atoms with Crippen molar-refractivity contribution < 1.29 is 14.3 Å². The van der Waals surface area contributed by atoms with Gasteiger partial charge in [0.1, 0.15) is 5.78 Å². The molecule has 1 saturated carbocycles. The normalized spacial score (nSPS) is 24.4. The molecule has 0 N–H and O–H groups in total. The minimum Gasteiger partial charge on any atom is -0.469 e. The van der Waals surface area contributed by atoms with Crippen LogP contribution in [0.5, 0.6) is 0 Å². The number of methoxy groups -OCH3 is 1. The van der Waals surface area contributed by atoms with Crippen LogP contribution in [0.2, 0.25) is 0 Å². The Morgan fingerprint density at radius 3 is 2.65 bits per heavy atom. The molecule has 1 aliphatic carbocycles. The first-order valence-electron chi connectivity index (χ1n) is 5.87. The van der Waals surface area contributed by atoms with E-state index in [0.29, 0.717) is 19.3 Å². The number of carbonyl (C=O) groups is 2. The Hall–Kier alpha value is -1.64. The minimum atomic E-state index is -0.202. The summed E-state index contributed by atoms with van der Waals surface area (Å²) in [6.45, 7) is 0. The monoisotopic (exact) mass is 232 g/mol. The van der Waals surface area contributed by atoms with Crippen molar-refractivity contribution in [2.24, 2.45) is 5.92 Å². The lowest BCUT2D eigenvalue weighted by molar-refractivity contribution is -0.147. The maximum atomic E-state index is 11.7. The van der Waals surface area contributed by atoms with Crippen LogP contribution in [0, 0.1) is 5.92 Å². The number of rotatable bonds is 2. The number of benzene rings is 1. The van der Waals surface area contributed by atoms with Gasteiger partial charge < -0.3 is 4.74 Å². The van der Waals surface area contributed by atoms with Gasteiger partial charge in [-0.25, -0.2) is 0 Å². The molecular weight excluding hydrogens is 216 g/mol. The van der Waals surface area contributed by atoms with Crippen LogP contribution in [0.15, 0.2) is 30.3 Å². The van der Waals surface area contributed by atoms with Crippen LogP contribution in [0.1, 0.15) is 30.7 Å². The van der Waals surface area contributed by atoms with Gasteiger partial charge in [-0.1, -0.05) is 30.3 Å². The van der Waals surface area contributed by atoms with Crippen LogP contribution < -0.4 is 0 Å². The number of ketones is 1. The Kier molecular flexibility index (Phi) is 3.57. The number of hydrogen-bond acceptors (Lipinski definition) is 3. The summed E-state index contributed by atoms with van der Waals surface area (Å²) >= 11 is 0. The molecule has 0 aliphatic heterocycles. The fraction of sp³-hybridized carbons (Fsp3) is 0.429. The van der Waals surface area contributed by atoms with E-state index in [2.05, 4.69) is 0 Å². The molecule has 3 heteroatoms. The van der Waals surface area contributed by atoms with E-state index >= 15 is 0 Å². The molecular formula is C14H16O3. The van der Waals surface area contributed by atoms with Crippen molar-refractivity contribution in [2.75, 3.05) is 7.11 Å². The van der Waals surface area contributed by atoms with E-state index in [9.17, 15) is 9.59 Å². The van der Waals surface area contributed by atoms with Gasteiger partial charge >= 0.3 is 5.97 Å². The largest absolute Gasteiger partial charge is 0.469 e. The SMILES string of the molecule is COC(=O)[C@@H]1CCC(=O)C[C@H]1c1ccccc1. The van der Waals surface area contributed by atoms with E-state index < -0.39 is 0 Å². The van der Waals surface area contributed by atoms with Crippen molar-refractivity contribution >= 4 is 11.8 Å². The van der Waals surface area contributed by atoms with Crippen molar-refractivity contribution in [3.8, 4) is 0 Å². The molecule has 2 rings (SSSR count). The van der Waals surface area contributed by atoms with Gasteiger partial charge in [0.2, 0.25) is 0 Å². The van der Waals surface area contributed by atoms with Crippen molar-refractivity contribution in [3.63, 3.8) is 0 Å². The number of Topliss-reactive ketones (excluding diaryl/α,β-unsaturated/α-hetero) is 1.